The van der Waals surface area contributed by atoms with Crippen molar-refractivity contribution in [3.63, 3.8) is 0 Å². The fourth-order valence-corrected chi connectivity index (χ4v) is 3.60. The van der Waals surface area contributed by atoms with Crippen LogP contribution in [0.25, 0.3) is 0 Å². The number of hydrogen-bond acceptors (Lipinski definition) is 5. The van der Waals surface area contributed by atoms with Crippen molar-refractivity contribution in [1.82, 2.24) is 0 Å². The summed E-state index contributed by atoms with van der Waals surface area (Å²) in [5.74, 6) is 0.000687. The molecular formula is C22H20N4O3S2. The van der Waals surface area contributed by atoms with Crippen molar-refractivity contribution in [2.24, 2.45) is 0 Å². The Labute approximate surface area is 189 Å². The van der Waals surface area contributed by atoms with Crippen LogP contribution in [0.1, 0.15) is 5.56 Å². The van der Waals surface area contributed by atoms with Crippen molar-refractivity contribution in [2.75, 3.05) is 21.7 Å². The van der Waals surface area contributed by atoms with E-state index in [9.17, 15) is 14.9 Å². The molecule has 0 aromatic heterocycles. The first kappa shape index (κ1) is 22.3. The lowest BCUT2D eigenvalue weighted by molar-refractivity contribution is -0.384. The number of carbonyl (C=O) groups excluding carboxylic acids is 1. The normalized spacial score (nSPS) is 10.2. The third kappa shape index (κ3) is 7.09. The highest BCUT2D eigenvalue weighted by atomic mass is 32.2. The van der Waals surface area contributed by atoms with Crippen LogP contribution in [-0.2, 0) is 4.79 Å². The topological polar surface area (TPSA) is 96.3 Å². The molecule has 0 atom stereocenters. The van der Waals surface area contributed by atoms with Crippen LogP contribution in [-0.4, -0.2) is 21.7 Å². The minimum Gasteiger partial charge on any atom is -0.332 e. The van der Waals surface area contributed by atoms with E-state index in [2.05, 4.69) is 16.0 Å². The van der Waals surface area contributed by atoms with Crippen molar-refractivity contribution in [2.45, 2.75) is 11.8 Å². The smallest absolute Gasteiger partial charge is 0.269 e. The summed E-state index contributed by atoms with van der Waals surface area (Å²) in [5, 5.41) is 20.2. The van der Waals surface area contributed by atoms with E-state index in [-0.39, 0.29) is 17.3 Å². The molecule has 0 heterocycles. The average Bonchev–Trinajstić information content (AvgIpc) is 2.74. The molecule has 7 nitrogen and oxygen atoms in total. The number of nitro groups is 1. The maximum atomic E-state index is 12.2. The first-order chi connectivity index (χ1) is 14.9. The van der Waals surface area contributed by atoms with Gasteiger partial charge in [0.05, 0.1) is 10.7 Å². The molecule has 9 heteroatoms. The molecule has 0 aliphatic carbocycles. The second-order valence-corrected chi connectivity index (χ2v) is 8.07. The summed E-state index contributed by atoms with van der Waals surface area (Å²) in [6.45, 7) is 2.02. The van der Waals surface area contributed by atoms with Gasteiger partial charge in [-0.25, -0.2) is 0 Å². The summed E-state index contributed by atoms with van der Waals surface area (Å²) in [6, 6.07) is 21.2. The van der Waals surface area contributed by atoms with Crippen LogP contribution in [0.5, 0.6) is 0 Å². The number of amides is 1. The Morgan fingerprint density at radius 3 is 2.23 bits per heavy atom. The number of non-ortho nitro benzene ring substituents is 1. The molecule has 0 aliphatic heterocycles. The predicted octanol–water partition coefficient (Wildman–Crippen LogP) is 5.44. The predicted molar refractivity (Wildman–Crippen MR) is 130 cm³/mol. The molecule has 3 rings (SSSR count). The number of aryl methyl sites for hydroxylation is 1. The molecule has 3 aromatic carbocycles. The Morgan fingerprint density at radius 1 is 0.935 bits per heavy atom. The quantitative estimate of drug-likeness (QED) is 0.190. The molecule has 3 N–H and O–H groups in total. The minimum absolute atomic E-state index is 0.0218. The molecule has 31 heavy (non-hydrogen) atoms. The Balaban J connectivity index is 1.50. The van der Waals surface area contributed by atoms with Gasteiger partial charge in [-0.3, -0.25) is 14.9 Å². The fourth-order valence-electron chi connectivity index (χ4n) is 2.61. The van der Waals surface area contributed by atoms with Crippen LogP contribution in [0, 0.1) is 17.0 Å². The van der Waals surface area contributed by atoms with E-state index in [1.165, 1.54) is 41.6 Å². The lowest BCUT2D eigenvalue weighted by Crippen LogP contribution is -2.19. The molecule has 0 aliphatic rings. The molecule has 158 valence electrons. The van der Waals surface area contributed by atoms with Crippen molar-refractivity contribution in [1.29, 1.82) is 0 Å². The Morgan fingerprint density at radius 2 is 1.55 bits per heavy atom. The van der Waals surface area contributed by atoms with Crippen LogP contribution in [0.3, 0.4) is 0 Å². The third-order valence-electron chi connectivity index (χ3n) is 4.13. The number of anilines is 3. The molecule has 0 radical (unpaired) electrons. The van der Waals surface area contributed by atoms with Crippen molar-refractivity contribution in [3.8, 4) is 0 Å². The molecule has 0 spiro atoms. The summed E-state index contributed by atoms with van der Waals surface area (Å²) >= 11 is 6.74. The Kier molecular flexibility index (Phi) is 7.58. The summed E-state index contributed by atoms with van der Waals surface area (Å²) in [7, 11) is 0. The van der Waals surface area contributed by atoms with Gasteiger partial charge in [-0.1, -0.05) is 23.8 Å². The Hall–Kier alpha value is -3.43. The van der Waals surface area contributed by atoms with Crippen molar-refractivity contribution in [3.05, 3.63) is 88.5 Å². The first-order valence-electron chi connectivity index (χ1n) is 9.31. The van der Waals surface area contributed by atoms with Gasteiger partial charge in [0.25, 0.3) is 5.69 Å². The van der Waals surface area contributed by atoms with Crippen LogP contribution < -0.4 is 16.0 Å². The minimum atomic E-state index is -0.482. The lowest BCUT2D eigenvalue weighted by atomic mass is 10.2. The van der Waals surface area contributed by atoms with E-state index in [0.29, 0.717) is 10.8 Å². The zero-order valence-corrected chi connectivity index (χ0v) is 18.3. The second-order valence-electron chi connectivity index (χ2n) is 6.61. The van der Waals surface area contributed by atoms with Gasteiger partial charge in [0.15, 0.2) is 5.11 Å². The number of carbonyl (C=O) groups is 1. The SMILES string of the molecule is Cc1ccc(NC(=S)Nc2cccc(SCC(=O)Nc3ccc([N+](=O)[O-])cc3)c2)cc1. The molecule has 3 aromatic rings. The number of benzene rings is 3. The van der Waals surface area contributed by atoms with Gasteiger partial charge in [-0.05, 0) is 61.6 Å². The van der Waals surface area contributed by atoms with Crippen LogP contribution in [0.4, 0.5) is 22.7 Å². The van der Waals surface area contributed by atoms with E-state index >= 15 is 0 Å². The zero-order valence-electron chi connectivity index (χ0n) is 16.6. The van der Waals surface area contributed by atoms with Crippen LogP contribution in [0.2, 0.25) is 0 Å². The highest BCUT2D eigenvalue weighted by molar-refractivity contribution is 8.00. The maximum Gasteiger partial charge on any atom is 0.269 e. The highest BCUT2D eigenvalue weighted by Gasteiger charge is 2.08. The molecule has 1 amide bonds. The van der Waals surface area contributed by atoms with Gasteiger partial charge in [0.1, 0.15) is 0 Å². The van der Waals surface area contributed by atoms with Gasteiger partial charge in [-0.15, -0.1) is 11.8 Å². The molecule has 0 bridgehead atoms. The van der Waals surface area contributed by atoms with Gasteiger partial charge in [0.2, 0.25) is 5.91 Å². The van der Waals surface area contributed by atoms with Gasteiger partial charge in [-0.2, -0.15) is 0 Å². The lowest BCUT2D eigenvalue weighted by Gasteiger charge is -2.12. The second kappa shape index (κ2) is 10.6. The maximum absolute atomic E-state index is 12.2. The van der Waals surface area contributed by atoms with Crippen LogP contribution >= 0.6 is 24.0 Å². The number of thioether (sulfide) groups is 1. The standard InChI is InChI=1S/C22H20N4O3S2/c1-15-5-7-17(8-6-15)24-22(30)25-18-3-2-4-20(13-18)31-14-21(27)23-16-9-11-19(12-10-16)26(28)29/h2-13H,14H2,1H3,(H,23,27)(H2,24,25,30). The number of nitro benzene ring substituents is 1. The molecule has 0 fully saturated rings. The molecule has 0 unspecified atom stereocenters. The highest BCUT2D eigenvalue weighted by Crippen LogP contribution is 2.23. The number of rotatable bonds is 7. The fraction of sp³-hybridized carbons (Fsp3) is 0.0909. The monoisotopic (exact) mass is 452 g/mol. The van der Waals surface area contributed by atoms with Gasteiger partial charge >= 0.3 is 0 Å². The number of nitrogens with zero attached hydrogens (tertiary/aromatic N) is 1. The largest absolute Gasteiger partial charge is 0.332 e. The average molecular weight is 453 g/mol. The van der Waals surface area contributed by atoms with Crippen LogP contribution in [0.15, 0.2) is 77.7 Å². The van der Waals surface area contributed by atoms with E-state index in [1.807, 2.05) is 55.5 Å². The Bertz CT molecular complexity index is 1090. The molecular weight excluding hydrogens is 432 g/mol. The van der Waals surface area contributed by atoms with E-state index in [1.54, 1.807) is 0 Å². The van der Waals surface area contributed by atoms with Crippen molar-refractivity contribution >= 4 is 57.7 Å². The summed E-state index contributed by atoms with van der Waals surface area (Å²) in [4.78, 5) is 23.3. The van der Waals surface area contributed by atoms with E-state index in [0.717, 1.165) is 16.3 Å². The van der Waals surface area contributed by atoms with Crippen molar-refractivity contribution < 1.29 is 9.72 Å². The number of nitrogens with one attached hydrogen (secondary N) is 3. The van der Waals surface area contributed by atoms with E-state index in [4.69, 9.17) is 12.2 Å². The molecule has 0 saturated carbocycles. The van der Waals surface area contributed by atoms with E-state index < -0.39 is 4.92 Å². The number of thiocarbonyl (C=S) groups is 1. The summed E-state index contributed by atoms with van der Waals surface area (Å²) in [5.41, 5.74) is 3.37. The number of hydrogen-bond donors (Lipinski definition) is 3. The van der Waals surface area contributed by atoms with Gasteiger partial charge in [0, 0.05) is 34.1 Å². The summed E-state index contributed by atoms with van der Waals surface area (Å²) in [6.07, 6.45) is 0. The summed E-state index contributed by atoms with van der Waals surface area (Å²) < 4.78 is 0. The molecule has 0 saturated heterocycles. The zero-order chi connectivity index (χ0) is 22.2. The van der Waals surface area contributed by atoms with Gasteiger partial charge < -0.3 is 16.0 Å². The third-order valence-corrected chi connectivity index (χ3v) is 5.33. The first-order valence-corrected chi connectivity index (χ1v) is 10.7.